The summed E-state index contributed by atoms with van der Waals surface area (Å²) in [7, 11) is 5.13. The zero-order valence-corrected chi connectivity index (χ0v) is 17.0. The van der Waals surface area contributed by atoms with Crippen molar-refractivity contribution in [1.82, 2.24) is 0 Å². The Morgan fingerprint density at radius 1 is 0.607 bits per heavy atom. The lowest BCUT2D eigenvalue weighted by molar-refractivity contribution is -0.202. The smallest absolute Gasteiger partial charge is 0.311 e. The first-order valence-corrected chi connectivity index (χ1v) is 8.77. The van der Waals surface area contributed by atoms with Crippen LogP contribution in [0.2, 0.25) is 0 Å². The van der Waals surface area contributed by atoms with Gasteiger partial charge >= 0.3 is 23.9 Å². The molecular formula is C18H28O10. The number of carbonyl (C=O) groups is 4. The lowest BCUT2D eigenvalue weighted by Crippen LogP contribution is -2.61. The Kier molecular flexibility index (Phi) is 9.33. The molecule has 28 heavy (non-hydrogen) atoms. The van der Waals surface area contributed by atoms with E-state index in [0.29, 0.717) is 0 Å². The molecule has 0 aliphatic heterocycles. The Bertz CT molecular complexity index is 525. The minimum absolute atomic E-state index is 0.127. The summed E-state index contributed by atoms with van der Waals surface area (Å²) in [5.74, 6) is -8.17. The van der Waals surface area contributed by atoms with E-state index in [2.05, 4.69) is 0 Å². The topological polar surface area (TPSA) is 124 Å². The van der Waals surface area contributed by atoms with Gasteiger partial charge in [0.2, 0.25) is 0 Å². The monoisotopic (exact) mass is 404 g/mol. The number of esters is 4. The van der Waals surface area contributed by atoms with Crippen molar-refractivity contribution in [2.75, 3.05) is 41.7 Å². The van der Waals surface area contributed by atoms with E-state index in [0.717, 1.165) is 14.2 Å². The van der Waals surface area contributed by atoms with Crippen molar-refractivity contribution in [3.63, 3.8) is 0 Å². The van der Waals surface area contributed by atoms with E-state index in [9.17, 15) is 19.2 Å². The standard InChI is InChI=1S/C18H28O10/c1-9(7-23-3)27-17(21)13-11(15(19)25-5)12(16(20)26-6)14(13)18(22)28-10(2)8-24-4/h9-14H,7-8H2,1-6H3. The molecule has 0 aromatic rings. The molecule has 0 spiro atoms. The van der Waals surface area contributed by atoms with Crippen molar-refractivity contribution >= 4 is 23.9 Å². The Labute approximate surface area is 163 Å². The summed E-state index contributed by atoms with van der Waals surface area (Å²) in [6.45, 7) is 3.45. The second-order valence-corrected chi connectivity index (χ2v) is 6.56. The van der Waals surface area contributed by atoms with Crippen molar-refractivity contribution in [2.45, 2.75) is 26.1 Å². The zero-order valence-electron chi connectivity index (χ0n) is 17.0. The van der Waals surface area contributed by atoms with Crippen LogP contribution in [-0.2, 0) is 47.6 Å². The summed E-state index contributed by atoms with van der Waals surface area (Å²) in [5, 5.41) is 0. The fraction of sp³-hybridized carbons (Fsp3) is 0.778. The molecule has 1 aliphatic carbocycles. The van der Waals surface area contributed by atoms with Gasteiger partial charge in [-0.2, -0.15) is 0 Å². The third-order valence-electron chi connectivity index (χ3n) is 4.48. The highest BCUT2D eigenvalue weighted by atomic mass is 16.6. The van der Waals surface area contributed by atoms with Crippen LogP contribution in [0.3, 0.4) is 0 Å². The molecule has 0 heterocycles. The highest BCUT2D eigenvalue weighted by Gasteiger charge is 2.66. The van der Waals surface area contributed by atoms with E-state index in [1.54, 1.807) is 13.8 Å². The summed E-state index contributed by atoms with van der Waals surface area (Å²) in [6.07, 6.45) is -1.23. The summed E-state index contributed by atoms with van der Waals surface area (Å²) in [4.78, 5) is 49.7. The number of rotatable bonds is 10. The number of ether oxygens (including phenoxy) is 6. The molecule has 0 aromatic heterocycles. The molecule has 6 atom stereocenters. The lowest BCUT2D eigenvalue weighted by atomic mass is 9.56. The average molecular weight is 404 g/mol. The molecule has 1 aliphatic rings. The number of carbonyl (C=O) groups excluding carboxylic acids is 4. The second-order valence-electron chi connectivity index (χ2n) is 6.56. The molecule has 160 valence electrons. The van der Waals surface area contributed by atoms with Crippen molar-refractivity contribution in [3.05, 3.63) is 0 Å². The summed E-state index contributed by atoms with van der Waals surface area (Å²) in [5.41, 5.74) is 0. The third-order valence-corrected chi connectivity index (χ3v) is 4.48. The summed E-state index contributed by atoms with van der Waals surface area (Å²) >= 11 is 0. The fourth-order valence-corrected chi connectivity index (χ4v) is 3.28. The Morgan fingerprint density at radius 3 is 1.14 bits per heavy atom. The van der Waals surface area contributed by atoms with Gasteiger partial charge in [-0.25, -0.2) is 0 Å². The van der Waals surface area contributed by atoms with Crippen LogP contribution in [0.4, 0.5) is 0 Å². The van der Waals surface area contributed by atoms with Crippen LogP contribution >= 0.6 is 0 Å². The number of methoxy groups -OCH3 is 4. The van der Waals surface area contributed by atoms with Gasteiger partial charge in [-0.1, -0.05) is 0 Å². The van der Waals surface area contributed by atoms with Crippen molar-refractivity contribution in [1.29, 1.82) is 0 Å². The molecule has 0 amide bonds. The van der Waals surface area contributed by atoms with Crippen LogP contribution in [0, 0.1) is 23.7 Å². The molecule has 6 unspecified atom stereocenters. The Balaban J connectivity index is 3.14. The van der Waals surface area contributed by atoms with Gasteiger partial charge in [0.15, 0.2) is 0 Å². The first kappa shape index (κ1) is 23.8. The average Bonchev–Trinajstić information content (AvgIpc) is 2.60. The van der Waals surface area contributed by atoms with Crippen molar-refractivity contribution < 1.29 is 47.6 Å². The van der Waals surface area contributed by atoms with E-state index < -0.39 is 59.8 Å². The third kappa shape index (κ3) is 5.41. The van der Waals surface area contributed by atoms with Gasteiger partial charge in [0.05, 0.1) is 51.1 Å². The molecule has 1 rings (SSSR count). The van der Waals surface area contributed by atoms with Crippen LogP contribution in [0.1, 0.15) is 13.8 Å². The molecule has 1 saturated carbocycles. The van der Waals surface area contributed by atoms with Gasteiger partial charge in [-0.05, 0) is 13.8 Å². The number of hydrogen-bond donors (Lipinski definition) is 0. The molecule has 10 nitrogen and oxygen atoms in total. The Hall–Kier alpha value is -2.20. The molecule has 0 N–H and O–H groups in total. The highest BCUT2D eigenvalue weighted by Crippen LogP contribution is 2.49. The van der Waals surface area contributed by atoms with Crippen LogP contribution in [-0.4, -0.2) is 77.7 Å². The van der Waals surface area contributed by atoms with Gasteiger partial charge < -0.3 is 28.4 Å². The molecule has 10 heteroatoms. The Morgan fingerprint density at radius 2 is 0.893 bits per heavy atom. The zero-order chi connectivity index (χ0) is 21.4. The van der Waals surface area contributed by atoms with E-state index >= 15 is 0 Å². The van der Waals surface area contributed by atoms with E-state index in [4.69, 9.17) is 28.4 Å². The molecule has 0 bridgehead atoms. The maximum atomic E-state index is 12.7. The van der Waals surface area contributed by atoms with Crippen LogP contribution in [0.25, 0.3) is 0 Å². The maximum absolute atomic E-state index is 12.7. The predicted molar refractivity (Wildman–Crippen MR) is 92.9 cm³/mol. The van der Waals surface area contributed by atoms with Crippen molar-refractivity contribution in [3.8, 4) is 0 Å². The van der Waals surface area contributed by atoms with Gasteiger partial charge in [-0.3, -0.25) is 19.2 Å². The van der Waals surface area contributed by atoms with E-state index in [1.807, 2.05) is 0 Å². The molecular weight excluding hydrogens is 376 g/mol. The maximum Gasteiger partial charge on any atom is 0.311 e. The van der Waals surface area contributed by atoms with Gasteiger partial charge in [-0.15, -0.1) is 0 Å². The van der Waals surface area contributed by atoms with E-state index in [1.165, 1.54) is 14.2 Å². The van der Waals surface area contributed by atoms with E-state index in [-0.39, 0.29) is 13.2 Å². The van der Waals surface area contributed by atoms with Gasteiger partial charge in [0, 0.05) is 14.2 Å². The largest absolute Gasteiger partial charge is 0.469 e. The quantitative estimate of drug-likeness (QED) is 0.362. The molecule has 0 radical (unpaired) electrons. The summed E-state index contributed by atoms with van der Waals surface area (Å²) < 4.78 is 29.8. The van der Waals surface area contributed by atoms with Gasteiger partial charge in [0.25, 0.3) is 0 Å². The summed E-state index contributed by atoms with van der Waals surface area (Å²) in [6, 6.07) is 0. The van der Waals surface area contributed by atoms with Crippen LogP contribution in [0.5, 0.6) is 0 Å². The fourth-order valence-electron chi connectivity index (χ4n) is 3.28. The second kappa shape index (κ2) is 11.0. The van der Waals surface area contributed by atoms with Crippen molar-refractivity contribution in [2.24, 2.45) is 23.7 Å². The number of hydrogen-bond acceptors (Lipinski definition) is 10. The highest BCUT2D eigenvalue weighted by molar-refractivity contribution is 5.97. The normalized spacial score (nSPS) is 25.6. The van der Waals surface area contributed by atoms with Crippen LogP contribution < -0.4 is 0 Å². The van der Waals surface area contributed by atoms with Gasteiger partial charge in [0.1, 0.15) is 12.2 Å². The SMILES string of the molecule is COCC(C)OC(=O)C1C(C(=O)OC)C(C(=O)OC)C1C(=O)OC(C)COC. The molecule has 0 aromatic carbocycles. The minimum Gasteiger partial charge on any atom is -0.469 e. The predicted octanol–water partition coefficient (Wildman–Crippen LogP) is -0.0330. The first-order chi connectivity index (χ1) is 13.2. The minimum atomic E-state index is -1.24. The molecule has 1 fully saturated rings. The molecule has 0 saturated heterocycles. The van der Waals surface area contributed by atoms with Crippen LogP contribution in [0.15, 0.2) is 0 Å². The lowest BCUT2D eigenvalue weighted by Gasteiger charge is -2.45. The first-order valence-electron chi connectivity index (χ1n) is 8.77.